The fraction of sp³-hybridized carbons (Fsp3) is 0.533. The third-order valence-corrected chi connectivity index (χ3v) is 2.91. The van der Waals surface area contributed by atoms with Gasteiger partial charge in [-0.05, 0) is 24.0 Å². The molecule has 1 rings (SSSR count). The van der Waals surface area contributed by atoms with Crippen molar-refractivity contribution in [1.82, 2.24) is 0 Å². The normalized spacial score (nSPS) is 10.3. The van der Waals surface area contributed by atoms with Gasteiger partial charge in [0, 0.05) is 6.42 Å². The SMILES string of the molecule is CCCCCCCc1ccc(CC=O)cc1. The molecule has 1 heteroatoms. The van der Waals surface area contributed by atoms with E-state index in [0.29, 0.717) is 6.42 Å². The Hall–Kier alpha value is -1.11. The highest BCUT2D eigenvalue weighted by atomic mass is 16.1. The minimum Gasteiger partial charge on any atom is -0.303 e. The lowest BCUT2D eigenvalue weighted by Crippen LogP contribution is -1.89. The maximum atomic E-state index is 10.3. The van der Waals surface area contributed by atoms with Crippen LogP contribution in [0.25, 0.3) is 0 Å². The summed E-state index contributed by atoms with van der Waals surface area (Å²) in [5, 5.41) is 0. The van der Waals surface area contributed by atoms with E-state index in [4.69, 9.17) is 0 Å². The van der Waals surface area contributed by atoms with Gasteiger partial charge >= 0.3 is 0 Å². The fourth-order valence-electron chi connectivity index (χ4n) is 1.87. The molecule has 0 N–H and O–H groups in total. The largest absolute Gasteiger partial charge is 0.303 e. The van der Waals surface area contributed by atoms with Crippen molar-refractivity contribution in [3.63, 3.8) is 0 Å². The maximum Gasteiger partial charge on any atom is 0.124 e. The second kappa shape index (κ2) is 8.09. The molecule has 1 nitrogen and oxygen atoms in total. The summed E-state index contributed by atoms with van der Waals surface area (Å²) in [5.74, 6) is 0. The zero-order valence-corrected chi connectivity index (χ0v) is 10.2. The number of aldehydes is 1. The van der Waals surface area contributed by atoms with Gasteiger partial charge in [0.1, 0.15) is 6.29 Å². The molecule has 1 aromatic carbocycles. The van der Waals surface area contributed by atoms with Gasteiger partial charge in [0.15, 0.2) is 0 Å². The minimum atomic E-state index is 0.538. The average molecular weight is 218 g/mol. The molecular formula is C15H22O. The molecule has 0 unspecified atom stereocenters. The van der Waals surface area contributed by atoms with Crippen molar-refractivity contribution >= 4 is 6.29 Å². The van der Waals surface area contributed by atoms with E-state index in [1.165, 1.54) is 44.1 Å². The lowest BCUT2D eigenvalue weighted by molar-refractivity contribution is -0.107. The number of rotatable bonds is 8. The van der Waals surface area contributed by atoms with Crippen molar-refractivity contribution in [2.24, 2.45) is 0 Å². The molecule has 0 saturated carbocycles. The summed E-state index contributed by atoms with van der Waals surface area (Å²) in [6.45, 7) is 2.24. The number of carbonyl (C=O) groups is 1. The molecule has 0 fully saturated rings. The lowest BCUT2D eigenvalue weighted by atomic mass is 10.0. The van der Waals surface area contributed by atoms with Gasteiger partial charge < -0.3 is 4.79 Å². The summed E-state index contributed by atoms with van der Waals surface area (Å²) >= 11 is 0. The molecule has 0 aliphatic carbocycles. The highest BCUT2D eigenvalue weighted by Crippen LogP contribution is 2.10. The first-order valence-electron chi connectivity index (χ1n) is 6.38. The summed E-state index contributed by atoms with van der Waals surface area (Å²) in [7, 11) is 0. The van der Waals surface area contributed by atoms with E-state index < -0.39 is 0 Å². The van der Waals surface area contributed by atoms with Crippen molar-refractivity contribution in [2.75, 3.05) is 0 Å². The van der Waals surface area contributed by atoms with Crippen LogP contribution in [0, 0.1) is 0 Å². The quantitative estimate of drug-likeness (QED) is 0.477. The van der Waals surface area contributed by atoms with Crippen molar-refractivity contribution in [1.29, 1.82) is 0 Å². The first-order valence-corrected chi connectivity index (χ1v) is 6.38. The second-order valence-corrected chi connectivity index (χ2v) is 4.35. The van der Waals surface area contributed by atoms with Crippen LogP contribution in [0.3, 0.4) is 0 Å². The van der Waals surface area contributed by atoms with Crippen molar-refractivity contribution in [3.05, 3.63) is 35.4 Å². The Kier molecular flexibility index (Phi) is 6.55. The van der Waals surface area contributed by atoms with Gasteiger partial charge in [0.05, 0.1) is 0 Å². The molecule has 0 amide bonds. The van der Waals surface area contributed by atoms with E-state index in [-0.39, 0.29) is 0 Å². The standard InChI is InChI=1S/C15H22O/c1-2-3-4-5-6-7-14-8-10-15(11-9-14)12-13-16/h8-11,13H,2-7,12H2,1H3. The van der Waals surface area contributed by atoms with E-state index in [0.717, 1.165) is 11.8 Å². The van der Waals surface area contributed by atoms with Crippen LogP contribution in [0.4, 0.5) is 0 Å². The van der Waals surface area contributed by atoms with Gasteiger partial charge in [-0.25, -0.2) is 0 Å². The molecule has 0 saturated heterocycles. The minimum absolute atomic E-state index is 0.538. The molecule has 0 aliphatic rings. The van der Waals surface area contributed by atoms with Crippen LogP contribution in [0.1, 0.15) is 50.2 Å². The number of hydrogen-bond acceptors (Lipinski definition) is 1. The number of aryl methyl sites for hydroxylation is 1. The zero-order chi connectivity index (χ0) is 11.6. The van der Waals surface area contributed by atoms with Gasteiger partial charge in [0.25, 0.3) is 0 Å². The fourth-order valence-corrected chi connectivity index (χ4v) is 1.87. The highest BCUT2D eigenvalue weighted by Gasteiger charge is 1.95. The predicted molar refractivity (Wildman–Crippen MR) is 68.7 cm³/mol. The summed E-state index contributed by atoms with van der Waals surface area (Å²) in [6.07, 6.45) is 9.32. The molecule has 0 heterocycles. The van der Waals surface area contributed by atoms with E-state index >= 15 is 0 Å². The first-order chi connectivity index (χ1) is 7.86. The summed E-state index contributed by atoms with van der Waals surface area (Å²) in [4.78, 5) is 10.3. The van der Waals surface area contributed by atoms with Gasteiger partial charge in [-0.15, -0.1) is 0 Å². The molecule has 0 aromatic heterocycles. The lowest BCUT2D eigenvalue weighted by Gasteiger charge is -2.02. The number of carbonyl (C=O) groups excluding carboxylic acids is 1. The molecule has 16 heavy (non-hydrogen) atoms. The Morgan fingerprint density at radius 3 is 2.19 bits per heavy atom. The van der Waals surface area contributed by atoms with Crippen LogP contribution in [0.5, 0.6) is 0 Å². The third-order valence-electron chi connectivity index (χ3n) is 2.91. The van der Waals surface area contributed by atoms with Gasteiger partial charge in [0.2, 0.25) is 0 Å². The van der Waals surface area contributed by atoms with E-state index in [1.54, 1.807) is 0 Å². The molecule has 0 spiro atoms. The van der Waals surface area contributed by atoms with Crippen LogP contribution >= 0.6 is 0 Å². The molecule has 1 aromatic rings. The van der Waals surface area contributed by atoms with Gasteiger partial charge in [-0.2, -0.15) is 0 Å². The van der Waals surface area contributed by atoms with Gasteiger partial charge in [-0.1, -0.05) is 56.9 Å². The molecule has 88 valence electrons. The van der Waals surface area contributed by atoms with Crippen LogP contribution in [-0.2, 0) is 17.6 Å². The number of benzene rings is 1. The smallest absolute Gasteiger partial charge is 0.124 e. The van der Waals surface area contributed by atoms with Crippen LogP contribution < -0.4 is 0 Å². The Morgan fingerprint density at radius 2 is 1.56 bits per heavy atom. The molecule has 0 aliphatic heterocycles. The van der Waals surface area contributed by atoms with Crippen molar-refractivity contribution in [3.8, 4) is 0 Å². The molecular weight excluding hydrogens is 196 g/mol. The summed E-state index contributed by atoms with van der Waals surface area (Å²) < 4.78 is 0. The Morgan fingerprint density at radius 1 is 0.938 bits per heavy atom. The topological polar surface area (TPSA) is 17.1 Å². The summed E-state index contributed by atoms with van der Waals surface area (Å²) in [5.41, 5.74) is 2.51. The van der Waals surface area contributed by atoms with E-state index in [2.05, 4.69) is 31.2 Å². The van der Waals surface area contributed by atoms with Crippen LogP contribution in [0.2, 0.25) is 0 Å². The van der Waals surface area contributed by atoms with Crippen LogP contribution in [-0.4, -0.2) is 6.29 Å². The monoisotopic (exact) mass is 218 g/mol. The Labute approximate surface area is 98.9 Å². The van der Waals surface area contributed by atoms with Crippen LogP contribution in [0.15, 0.2) is 24.3 Å². The third kappa shape index (κ3) is 5.11. The van der Waals surface area contributed by atoms with Crippen molar-refractivity contribution in [2.45, 2.75) is 51.9 Å². The maximum absolute atomic E-state index is 10.3. The zero-order valence-electron chi connectivity index (χ0n) is 10.2. The molecule has 0 atom stereocenters. The Bertz CT molecular complexity index is 287. The predicted octanol–water partition coefficient (Wildman–Crippen LogP) is 3.94. The highest BCUT2D eigenvalue weighted by molar-refractivity contribution is 5.54. The average Bonchev–Trinajstić information content (AvgIpc) is 2.31. The van der Waals surface area contributed by atoms with E-state index in [9.17, 15) is 4.79 Å². The van der Waals surface area contributed by atoms with Crippen molar-refractivity contribution < 1.29 is 4.79 Å². The summed E-state index contributed by atoms with van der Waals surface area (Å²) in [6, 6.07) is 8.43. The first kappa shape index (κ1) is 13.0. The number of hydrogen-bond donors (Lipinski definition) is 0. The van der Waals surface area contributed by atoms with Gasteiger partial charge in [-0.3, -0.25) is 0 Å². The second-order valence-electron chi connectivity index (χ2n) is 4.35. The molecule has 0 radical (unpaired) electrons. The molecule has 0 bridgehead atoms. The Balaban J connectivity index is 2.23. The number of unbranched alkanes of at least 4 members (excludes halogenated alkanes) is 4. The van der Waals surface area contributed by atoms with E-state index in [1.807, 2.05) is 0 Å².